The molecule has 26 heavy (non-hydrogen) atoms. The Labute approximate surface area is 160 Å². The number of hydrogen-bond donors (Lipinski definition) is 2. The summed E-state index contributed by atoms with van der Waals surface area (Å²) in [4.78, 5) is 21.7. The Morgan fingerprint density at radius 3 is 1.38 bits per heavy atom. The lowest BCUT2D eigenvalue weighted by molar-refractivity contribution is -0.143. The van der Waals surface area contributed by atoms with E-state index >= 15 is 0 Å². The highest BCUT2D eigenvalue weighted by atomic mass is 16.4. The third-order valence-electron chi connectivity index (χ3n) is 5.13. The van der Waals surface area contributed by atoms with Crippen LogP contribution in [0.25, 0.3) is 0 Å². The van der Waals surface area contributed by atoms with Gasteiger partial charge in [0.1, 0.15) is 0 Å². The van der Waals surface area contributed by atoms with Crippen molar-refractivity contribution in [2.24, 2.45) is 11.8 Å². The maximum atomic E-state index is 11.2. The van der Waals surface area contributed by atoms with Crippen LogP contribution < -0.4 is 0 Å². The number of carbonyl (C=O) groups is 2. The van der Waals surface area contributed by atoms with Crippen LogP contribution in [-0.2, 0) is 9.59 Å². The minimum absolute atomic E-state index is 0.0709. The summed E-state index contributed by atoms with van der Waals surface area (Å²) in [5.41, 5.74) is 0. The number of aliphatic carboxylic acids is 2. The van der Waals surface area contributed by atoms with Crippen LogP contribution >= 0.6 is 0 Å². The fraction of sp³-hybridized carbons (Fsp3) is 0.909. The molecule has 0 aliphatic carbocycles. The molecule has 0 aromatic heterocycles. The second kappa shape index (κ2) is 17.4. The smallest absolute Gasteiger partial charge is 0.306 e. The van der Waals surface area contributed by atoms with E-state index in [1.54, 1.807) is 0 Å². The summed E-state index contributed by atoms with van der Waals surface area (Å²) in [5.74, 6) is -1.15. The van der Waals surface area contributed by atoms with Crippen LogP contribution in [-0.4, -0.2) is 22.2 Å². The maximum absolute atomic E-state index is 11.2. The van der Waals surface area contributed by atoms with Crippen LogP contribution in [0.5, 0.6) is 0 Å². The van der Waals surface area contributed by atoms with E-state index < -0.39 is 11.9 Å². The van der Waals surface area contributed by atoms with Gasteiger partial charge in [-0.2, -0.15) is 0 Å². The Bertz CT molecular complexity index is 352. The van der Waals surface area contributed by atoms with Gasteiger partial charge in [-0.15, -0.1) is 0 Å². The van der Waals surface area contributed by atoms with E-state index in [1.807, 2.05) is 0 Å². The first-order valence-corrected chi connectivity index (χ1v) is 10.9. The van der Waals surface area contributed by atoms with Crippen molar-refractivity contribution in [2.75, 3.05) is 0 Å². The number of unbranched alkanes of at least 4 members (excludes halogenated alkanes) is 10. The largest absolute Gasteiger partial charge is 0.481 e. The predicted octanol–water partition coefficient (Wildman–Crippen LogP) is 6.67. The van der Waals surface area contributed by atoms with Gasteiger partial charge in [0.05, 0.1) is 5.92 Å². The van der Waals surface area contributed by atoms with E-state index in [4.69, 9.17) is 5.11 Å². The number of hydrogen-bond acceptors (Lipinski definition) is 2. The van der Waals surface area contributed by atoms with E-state index in [0.29, 0.717) is 19.3 Å². The van der Waals surface area contributed by atoms with Crippen molar-refractivity contribution in [3.05, 3.63) is 0 Å². The fourth-order valence-corrected chi connectivity index (χ4v) is 3.43. The molecule has 154 valence electrons. The summed E-state index contributed by atoms with van der Waals surface area (Å²) in [5, 5.41) is 17.8. The molecule has 2 N–H and O–H groups in total. The van der Waals surface area contributed by atoms with Gasteiger partial charge in [0.25, 0.3) is 0 Å². The minimum atomic E-state index is -0.843. The van der Waals surface area contributed by atoms with E-state index in [0.717, 1.165) is 18.8 Å². The molecule has 4 heteroatoms. The highest BCUT2D eigenvalue weighted by molar-refractivity contribution is 5.70. The molecule has 0 spiro atoms. The molecule has 0 aromatic rings. The molecule has 0 aliphatic heterocycles. The quantitative estimate of drug-likeness (QED) is 0.249. The Morgan fingerprint density at radius 1 is 0.615 bits per heavy atom. The Morgan fingerprint density at radius 2 is 1.00 bits per heavy atom. The summed E-state index contributed by atoms with van der Waals surface area (Å²) >= 11 is 0. The predicted molar refractivity (Wildman–Crippen MR) is 107 cm³/mol. The topological polar surface area (TPSA) is 74.6 Å². The average Bonchev–Trinajstić information content (AvgIpc) is 2.56. The lowest BCUT2D eigenvalue weighted by atomic mass is 9.95. The van der Waals surface area contributed by atoms with Crippen molar-refractivity contribution in [1.82, 2.24) is 0 Å². The van der Waals surface area contributed by atoms with E-state index in [-0.39, 0.29) is 12.3 Å². The first-order chi connectivity index (χ1) is 12.4. The molecule has 0 amide bonds. The molecule has 0 fully saturated rings. The third kappa shape index (κ3) is 17.8. The zero-order valence-electron chi connectivity index (χ0n) is 17.2. The van der Waals surface area contributed by atoms with Crippen LogP contribution in [0.3, 0.4) is 0 Å². The zero-order valence-corrected chi connectivity index (χ0v) is 17.2. The van der Waals surface area contributed by atoms with Gasteiger partial charge in [0.2, 0.25) is 0 Å². The standard InChI is InChI=1S/C22H42O4/c1-19(2)15-12-10-8-6-4-3-5-7-9-11-13-16-20(22(25)26)17-14-18-21(23)24/h19-20H,3-18H2,1-2H3,(H,23,24)(H,25,26). The highest BCUT2D eigenvalue weighted by Gasteiger charge is 2.16. The van der Waals surface area contributed by atoms with Crippen LogP contribution in [0.4, 0.5) is 0 Å². The molecule has 1 unspecified atom stereocenters. The molecule has 0 aliphatic rings. The SMILES string of the molecule is CC(C)CCCCCCCCCCCCCC(CCCC(=O)O)C(=O)O. The van der Waals surface area contributed by atoms with Crippen molar-refractivity contribution < 1.29 is 19.8 Å². The van der Waals surface area contributed by atoms with Crippen molar-refractivity contribution in [3.8, 4) is 0 Å². The van der Waals surface area contributed by atoms with Gasteiger partial charge in [-0.25, -0.2) is 0 Å². The van der Waals surface area contributed by atoms with E-state index in [2.05, 4.69) is 13.8 Å². The van der Waals surface area contributed by atoms with Crippen LogP contribution in [0.2, 0.25) is 0 Å². The van der Waals surface area contributed by atoms with E-state index in [1.165, 1.54) is 64.2 Å². The number of carboxylic acids is 2. The van der Waals surface area contributed by atoms with Crippen LogP contribution in [0, 0.1) is 11.8 Å². The van der Waals surface area contributed by atoms with Crippen molar-refractivity contribution >= 4 is 11.9 Å². The van der Waals surface area contributed by atoms with Gasteiger partial charge in [0, 0.05) is 6.42 Å². The number of rotatable bonds is 19. The lowest BCUT2D eigenvalue weighted by Gasteiger charge is -2.11. The van der Waals surface area contributed by atoms with Gasteiger partial charge in [-0.05, 0) is 25.2 Å². The molecule has 0 bridgehead atoms. The third-order valence-corrected chi connectivity index (χ3v) is 5.13. The molecule has 4 nitrogen and oxygen atoms in total. The molecule has 0 saturated heterocycles. The Hall–Kier alpha value is -1.06. The number of carboxylic acid groups (broad SMARTS) is 2. The van der Waals surface area contributed by atoms with Crippen molar-refractivity contribution in [2.45, 2.75) is 117 Å². The minimum Gasteiger partial charge on any atom is -0.481 e. The molecule has 0 saturated carbocycles. The summed E-state index contributed by atoms with van der Waals surface area (Å²) in [6.45, 7) is 4.59. The molecular weight excluding hydrogens is 328 g/mol. The summed E-state index contributed by atoms with van der Waals surface area (Å²) in [6.07, 6.45) is 17.0. The maximum Gasteiger partial charge on any atom is 0.306 e. The molecule has 0 radical (unpaired) electrons. The van der Waals surface area contributed by atoms with Crippen LogP contribution in [0.1, 0.15) is 117 Å². The highest BCUT2D eigenvalue weighted by Crippen LogP contribution is 2.19. The van der Waals surface area contributed by atoms with Gasteiger partial charge in [-0.1, -0.05) is 90.9 Å². The first-order valence-electron chi connectivity index (χ1n) is 10.9. The Balaban J connectivity index is 3.40. The van der Waals surface area contributed by atoms with Crippen molar-refractivity contribution in [3.63, 3.8) is 0 Å². The molecule has 1 atom stereocenters. The Kier molecular flexibility index (Phi) is 16.7. The van der Waals surface area contributed by atoms with Gasteiger partial charge in [-0.3, -0.25) is 9.59 Å². The molecule has 0 aromatic carbocycles. The monoisotopic (exact) mass is 370 g/mol. The van der Waals surface area contributed by atoms with Crippen LogP contribution in [0.15, 0.2) is 0 Å². The zero-order chi connectivity index (χ0) is 19.6. The molecule has 0 heterocycles. The second-order valence-corrected chi connectivity index (χ2v) is 8.18. The summed E-state index contributed by atoms with van der Waals surface area (Å²) < 4.78 is 0. The normalized spacial score (nSPS) is 12.4. The fourth-order valence-electron chi connectivity index (χ4n) is 3.43. The van der Waals surface area contributed by atoms with Gasteiger partial charge in [0.15, 0.2) is 0 Å². The molecule has 0 rings (SSSR count). The van der Waals surface area contributed by atoms with Crippen molar-refractivity contribution in [1.29, 1.82) is 0 Å². The summed E-state index contributed by atoms with van der Waals surface area (Å²) in [7, 11) is 0. The first kappa shape index (κ1) is 24.9. The lowest BCUT2D eigenvalue weighted by Crippen LogP contribution is -2.14. The van der Waals surface area contributed by atoms with E-state index in [9.17, 15) is 14.7 Å². The van der Waals surface area contributed by atoms with Gasteiger partial charge >= 0.3 is 11.9 Å². The average molecular weight is 371 g/mol. The second-order valence-electron chi connectivity index (χ2n) is 8.18. The summed E-state index contributed by atoms with van der Waals surface area (Å²) in [6, 6.07) is 0. The van der Waals surface area contributed by atoms with Gasteiger partial charge < -0.3 is 10.2 Å². The molecular formula is C22H42O4.